The van der Waals surface area contributed by atoms with Crippen molar-refractivity contribution in [1.29, 1.82) is 0 Å². The first-order valence-corrected chi connectivity index (χ1v) is 28.0. The average Bonchev–Trinajstić information content (AvgIpc) is 3.37. The molecule has 6 nitrogen and oxygen atoms in total. The van der Waals surface area contributed by atoms with E-state index in [-0.39, 0.29) is 44.0 Å². The van der Waals surface area contributed by atoms with Gasteiger partial charge < -0.3 is 14.2 Å². The summed E-state index contributed by atoms with van der Waals surface area (Å²) in [6.45, 7) is 6.27. The lowest BCUT2D eigenvalue weighted by Crippen LogP contribution is -2.30. The normalized spacial score (nSPS) is 13.3. The summed E-state index contributed by atoms with van der Waals surface area (Å²) in [5.74, 6) is -1.04. The first kappa shape index (κ1) is 66.0. The molecule has 0 aliphatic carbocycles. The number of hydrogen-bond donors (Lipinski definition) is 0. The summed E-state index contributed by atoms with van der Waals surface area (Å²) in [6.07, 6.45) is 83.7. The highest BCUT2D eigenvalue weighted by molar-refractivity contribution is 5.71. The number of ether oxygens (including phenoxy) is 3. The minimum atomic E-state index is -0.834. The molecule has 0 fully saturated rings. The molecule has 0 rings (SSSR count). The number of rotatable bonds is 48. The van der Waals surface area contributed by atoms with Crippen LogP contribution in [-0.2, 0) is 28.6 Å². The predicted octanol–water partition coefficient (Wildman–Crippen LogP) is 19.0. The third-order valence-corrected chi connectivity index (χ3v) is 11.0. The van der Waals surface area contributed by atoms with Gasteiger partial charge in [0.15, 0.2) is 6.10 Å². The molecule has 71 heavy (non-hydrogen) atoms. The minimum Gasteiger partial charge on any atom is -0.462 e. The summed E-state index contributed by atoms with van der Waals surface area (Å²) in [5, 5.41) is 0. The zero-order valence-electron chi connectivity index (χ0n) is 45.2. The lowest BCUT2D eigenvalue weighted by molar-refractivity contribution is -0.167. The highest BCUT2D eigenvalue weighted by atomic mass is 16.6. The molecule has 0 unspecified atom stereocenters. The Balaban J connectivity index is 4.61. The van der Waals surface area contributed by atoms with Crippen molar-refractivity contribution in [2.75, 3.05) is 13.2 Å². The molecule has 0 saturated heterocycles. The van der Waals surface area contributed by atoms with Gasteiger partial charge in [0.2, 0.25) is 0 Å². The quantitative estimate of drug-likeness (QED) is 0.0262. The van der Waals surface area contributed by atoms with Crippen molar-refractivity contribution in [1.82, 2.24) is 0 Å². The summed E-state index contributed by atoms with van der Waals surface area (Å²) >= 11 is 0. The van der Waals surface area contributed by atoms with Crippen molar-refractivity contribution < 1.29 is 28.6 Å². The molecular weight excluding hydrogens is 877 g/mol. The van der Waals surface area contributed by atoms with Gasteiger partial charge in [-0.15, -0.1) is 0 Å². The second kappa shape index (κ2) is 57.6. The van der Waals surface area contributed by atoms with Gasteiger partial charge in [0.05, 0.1) is 0 Å². The summed E-state index contributed by atoms with van der Waals surface area (Å²) in [6, 6.07) is 0. The molecule has 0 aliphatic heterocycles. The molecule has 0 aromatic heterocycles. The molecule has 0 aliphatic rings. The number of unbranched alkanes of at least 4 members (excludes halogenated alkanes) is 11. The summed E-state index contributed by atoms with van der Waals surface area (Å²) in [7, 11) is 0. The van der Waals surface area contributed by atoms with Crippen LogP contribution in [0.15, 0.2) is 158 Å². The molecule has 0 aromatic rings. The van der Waals surface area contributed by atoms with E-state index in [0.29, 0.717) is 19.3 Å². The van der Waals surface area contributed by atoms with Gasteiger partial charge in [-0.3, -0.25) is 14.4 Å². The van der Waals surface area contributed by atoms with Crippen LogP contribution < -0.4 is 0 Å². The third kappa shape index (κ3) is 55.8. The van der Waals surface area contributed by atoms with E-state index >= 15 is 0 Å². The van der Waals surface area contributed by atoms with Crippen LogP contribution in [0.3, 0.4) is 0 Å². The molecule has 0 heterocycles. The van der Waals surface area contributed by atoms with Gasteiger partial charge in [-0.05, 0) is 148 Å². The maximum absolute atomic E-state index is 12.9. The molecule has 6 heteroatoms. The monoisotopic (exact) mass is 977 g/mol. The predicted molar refractivity (Wildman–Crippen MR) is 306 cm³/mol. The zero-order valence-corrected chi connectivity index (χ0v) is 45.2. The fourth-order valence-electron chi connectivity index (χ4n) is 6.85. The Bertz CT molecular complexity index is 1640. The van der Waals surface area contributed by atoms with Gasteiger partial charge in [-0.1, -0.05) is 204 Å². The first-order chi connectivity index (χ1) is 35.0. The Morgan fingerprint density at radius 1 is 0.296 bits per heavy atom. The molecule has 0 saturated carbocycles. The Kier molecular flexibility index (Phi) is 53.6. The highest BCUT2D eigenvalue weighted by Crippen LogP contribution is 2.11. The Morgan fingerprint density at radius 2 is 0.549 bits per heavy atom. The molecule has 0 N–H and O–H groups in total. The maximum atomic E-state index is 12.9. The first-order valence-electron chi connectivity index (χ1n) is 28.0. The number of allylic oxidation sites excluding steroid dienone is 26. The van der Waals surface area contributed by atoms with Crippen molar-refractivity contribution in [3.8, 4) is 0 Å². The fraction of sp³-hybridized carbons (Fsp3) is 0.554. The second-order valence-electron chi connectivity index (χ2n) is 17.7. The SMILES string of the molecule is CC/C=C\C/C=C\C/C=C\C/C=C\C/C=C\CCCCCC(=O)OC[C@H](COC(=O)CCCC/C=C\C/C=C\C/C=C\CCCCC)OC(=O)CCCCC/C=C\C/C=C\C/C=C\C/C=C\C/C=C\CC. The number of carbonyl (C=O) groups is 3. The van der Waals surface area contributed by atoms with Gasteiger partial charge in [0, 0.05) is 19.3 Å². The Labute approximate surface area is 435 Å². The Hall–Kier alpha value is -4.97. The largest absolute Gasteiger partial charge is 0.462 e. The van der Waals surface area contributed by atoms with Crippen LogP contribution in [0.2, 0.25) is 0 Å². The summed E-state index contributed by atoms with van der Waals surface area (Å²) < 4.78 is 16.8. The van der Waals surface area contributed by atoms with Crippen LogP contribution >= 0.6 is 0 Å². The molecule has 0 bridgehead atoms. The average molecular weight is 978 g/mol. The molecular formula is C65H100O6. The lowest BCUT2D eigenvalue weighted by Gasteiger charge is -2.18. The van der Waals surface area contributed by atoms with Crippen LogP contribution in [-0.4, -0.2) is 37.2 Å². The van der Waals surface area contributed by atoms with E-state index in [1.807, 2.05) is 0 Å². The van der Waals surface area contributed by atoms with Crippen LogP contribution in [0, 0.1) is 0 Å². The fourth-order valence-corrected chi connectivity index (χ4v) is 6.85. The number of hydrogen-bond acceptors (Lipinski definition) is 6. The molecule has 396 valence electrons. The van der Waals surface area contributed by atoms with Crippen LogP contribution in [0.4, 0.5) is 0 Å². The molecule has 0 spiro atoms. The topological polar surface area (TPSA) is 78.9 Å². The smallest absolute Gasteiger partial charge is 0.306 e. The van der Waals surface area contributed by atoms with Crippen molar-refractivity contribution >= 4 is 17.9 Å². The molecule has 0 radical (unpaired) electrons. The number of carbonyl (C=O) groups excluding carboxylic acids is 3. The van der Waals surface area contributed by atoms with E-state index in [0.717, 1.165) is 135 Å². The van der Waals surface area contributed by atoms with Crippen molar-refractivity contribution in [3.63, 3.8) is 0 Å². The van der Waals surface area contributed by atoms with Gasteiger partial charge in [0.25, 0.3) is 0 Å². The van der Waals surface area contributed by atoms with Crippen molar-refractivity contribution in [2.24, 2.45) is 0 Å². The summed E-state index contributed by atoms with van der Waals surface area (Å²) in [5.41, 5.74) is 0. The van der Waals surface area contributed by atoms with Crippen LogP contribution in [0.1, 0.15) is 213 Å². The van der Waals surface area contributed by atoms with Gasteiger partial charge >= 0.3 is 17.9 Å². The highest BCUT2D eigenvalue weighted by Gasteiger charge is 2.19. The van der Waals surface area contributed by atoms with Crippen molar-refractivity contribution in [3.05, 3.63) is 158 Å². The van der Waals surface area contributed by atoms with Crippen molar-refractivity contribution in [2.45, 2.75) is 219 Å². The van der Waals surface area contributed by atoms with E-state index in [4.69, 9.17) is 14.2 Å². The zero-order chi connectivity index (χ0) is 51.4. The Morgan fingerprint density at radius 3 is 0.859 bits per heavy atom. The third-order valence-electron chi connectivity index (χ3n) is 11.0. The minimum absolute atomic E-state index is 0.129. The standard InChI is InChI=1S/C65H100O6/c1-4-7-10-13-16-19-22-25-28-30-32-34-37-40-43-46-49-52-55-58-64(67)70-61-62(60-69-63(66)57-54-51-48-45-42-39-36-27-24-21-18-15-12-9-6-3)71-65(68)59-56-53-50-47-44-41-38-35-33-31-29-26-23-20-17-14-11-8-5-2/h7-8,10-11,16-21,25-29,32-36,40-45,62H,4-6,9,12-15,22-24,30-31,37-39,46-61H2,1-3H3/b10-7-,11-8-,19-16-,20-17-,21-18-,28-25-,29-26-,34-32-,35-33-,36-27-,43-40-,44-41-,45-42-/t62-/m0/s1. The molecule has 0 amide bonds. The van der Waals surface area contributed by atoms with Gasteiger partial charge in [-0.25, -0.2) is 0 Å². The second-order valence-corrected chi connectivity index (χ2v) is 17.7. The van der Waals surface area contributed by atoms with E-state index in [9.17, 15) is 14.4 Å². The van der Waals surface area contributed by atoms with Gasteiger partial charge in [-0.2, -0.15) is 0 Å². The van der Waals surface area contributed by atoms with Crippen LogP contribution in [0.25, 0.3) is 0 Å². The van der Waals surface area contributed by atoms with E-state index in [1.54, 1.807) is 0 Å². The van der Waals surface area contributed by atoms with E-state index in [1.165, 1.54) is 25.7 Å². The molecule has 1 atom stereocenters. The summed E-state index contributed by atoms with van der Waals surface area (Å²) in [4.78, 5) is 38.1. The number of esters is 3. The maximum Gasteiger partial charge on any atom is 0.306 e. The lowest BCUT2D eigenvalue weighted by atomic mass is 10.1. The van der Waals surface area contributed by atoms with E-state index < -0.39 is 6.10 Å². The van der Waals surface area contributed by atoms with Crippen LogP contribution in [0.5, 0.6) is 0 Å². The molecule has 0 aromatic carbocycles. The van der Waals surface area contributed by atoms with E-state index in [2.05, 4.69) is 179 Å². The van der Waals surface area contributed by atoms with Gasteiger partial charge in [0.1, 0.15) is 13.2 Å².